The summed E-state index contributed by atoms with van der Waals surface area (Å²) in [5.41, 5.74) is 0.828. The molecule has 0 aliphatic heterocycles. The first-order chi connectivity index (χ1) is 9.49. The maximum atomic E-state index is 11.3. The average Bonchev–Trinajstić information content (AvgIpc) is 2.43. The molecule has 0 heterocycles. The largest absolute Gasteiger partial charge is 0.493 e. The van der Waals surface area contributed by atoms with Gasteiger partial charge in [0, 0.05) is 11.1 Å². The van der Waals surface area contributed by atoms with Crippen LogP contribution in [-0.2, 0) is 4.79 Å². The summed E-state index contributed by atoms with van der Waals surface area (Å²) in [6.45, 7) is 3.37. The van der Waals surface area contributed by atoms with E-state index in [0.717, 1.165) is 0 Å². The molecule has 0 amide bonds. The number of carbonyl (C=O) groups excluding carboxylic acids is 1. The van der Waals surface area contributed by atoms with Crippen molar-refractivity contribution in [2.75, 3.05) is 13.7 Å². The van der Waals surface area contributed by atoms with E-state index in [1.165, 1.54) is 20.1 Å². The molecule has 1 aromatic rings. The van der Waals surface area contributed by atoms with Crippen LogP contribution in [0.15, 0.2) is 29.8 Å². The molecule has 0 aliphatic rings. The van der Waals surface area contributed by atoms with Gasteiger partial charge in [-0.1, -0.05) is 6.92 Å². The molecule has 0 aliphatic carbocycles. The summed E-state index contributed by atoms with van der Waals surface area (Å²) in [6, 6.07) is 4.87. The molecule has 1 N–H and O–H groups in total. The Hall–Kier alpha value is -2.30. The Labute approximate surface area is 117 Å². The lowest BCUT2D eigenvalue weighted by Gasteiger charge is -2.10. The van der Waals surface area contributed by atoms with Crippen molar-refractivity contribution in [3.8, 4) is 11.5 Å². The van der Waals surface area contributed by atoms with Crippen LogP contribution in [0.1, 0.15) is 30.6 Å². The third kappa shape index (κ3) is 4.12. The number of carboxylic acid groups (broad SMARTS) is 1. The minimum Gasteiger partial charge on any atom is -0.493 e. The Bertz CT molecular complexity index is 531. The van der Waals surface area contributed by atoms with Gasteiger partial charge in [-0.3, -0.25) is 4.79 Å². The summed E-state index contributed by atoms with van der Waals surface area (Å²) in [5, 5.41) is 8.88. The van der Waals surface area contributed by atoms with Crippen molar-refractivity contribution in [1.29, 1.82) is 0 Å². The lowest BCUT2D eigenvalue weighted by molar-refractivity contribution is -0.132. The van der Waals surface area contributed by atoms with E-state index >= 15 is 0 Å². The summed E-state index contributed by atoms with van der Waals surface area (Å²) in [7, 11) is 1.48. The van der Waals surface area contributed by atoms with Crippen molar-refractivity contribution in [1.82, 2.24) is 0 Å². The molecule has 0 atom stereocenters. The third-order valence-corrected chi connectivity index (χ3v) is 2.79. The number of hydrogen-bond donors (Lipinski definition) is 1. The number of aliphatic carboxylic acids is 1. The topological polar surface area (TPSA) is 72.8 Å². The molecule has 5 heteroatoms. The maximum Gasteiger partial charge on any atom is 0.331 e. The molecule has 0 saturated heterocycles. The highest BCUT2D eigenvalue weighted by Gasteiger charge is 2.08. The van der Waals surface area contributed by atoms with Gasteiger partial charge < -0.3 is 14.6 Å². The first-order valence-electron chi connectivity index (χ1n) is 6.23. The van der Waals surface area contributed by atoms with Gasteiger partial charge in [-0.15, -0.1) is 0 Å². The molecule has 0 radical (unpaired) electrons. The van der Waals surface area contributed by atoms with Crippen LogP contribution in [-0.4, -0.2) is 30.6 Å². The highest BCUT2D eigenvalue weighted by Crippen LogP contribution is 2.28. The molecule has 0 unspecified atom stereocenters. The second-order valence-corrected chi connectivity index (χ2v) is 4.12. The van der Waals surface area contributed by atoms with Crippen molar-refractivity contribution in [2.24, 2.45) is 0 Å². The van der Waals surface area contributed by atoms with Crippen LogP contribution in [0.5, 0.6) is 11.5 Å². The number of benzene rings is 1. The zero-order valence-corrected chi connectivity index (χ0v) is 11.8. The monoisotopic (exact) mass is 278 g/mol. The molecule has 0 aromatic heterocycles. The van der Waals surface area contributed by atoms with Crippen LogP contribution >= 0.6 is 0 Å². The first kappa shape index (κ1) is 15.8. The molecule has 20 heavy (non-hydrogen) atoms. The Kier molecular flexibility index (Phi) is 5.77. The number of hydrogen-bond acceptors (Lipinski definition) is 4. The van der Waals surface area contributed by atoms with Gasteiger partial charge in [0.15, 0.2) is 17.3 Å². The van der Waals surface area contributed by atoms with E-state index in [1.54, 1.807) is 25.1 Å². The normalized spacial score (nSPS) is 11.1. The molecule has 108 valence electrons. The van der Waals surface area contributed by atoms with Gasteiger partial charge in [-0.05, 0) is 37.6 Å². The highest BCUT2D eigenvalue weighted by atomic mass is 16.5. The molecular weight excluding hydrogens is 260 g/mol. The fourth-order valence-electron chi connectivity index (χ4n) is 1.62. The predicted molar refractivity (Wildman–Crippen MR) is 74.5 cm³/mol. The zero-order chi connectivity index (χ0) is 15.1. The van der Waals surface area contributed by atoms with Gasteiger partial charge in [-0.25, -0.2) is 4.79 Å². The van der Waals surface area contributed by atoms with Gasteiger partial charge in [0.2, 0.25) is 0 Å². The maximum absolute atomic E-state index is 11.3. The van der Waals surface area contributed by atoms with Gasteiger partial charge in [0.1, 0.15) is 6.61 Å². The standard InChI is InChI=1S/C15H18O5/c1-4-11(15(17)18)7-8-20-13-6-5-12(10(2)16)9-14(13)19-3/h5-7,9H,4,8H2,1-3H3,(H,17,18). The lowest BCUT2D eigenvalue weighted by atomic mass is 10.1. The molecule has 0 bridgehead atoms. The van der Waals surface area contributed by atoms with Gasteiger partial charge in [0.05, 0.1) is 7.11 Å². The van der Waals surface area contributed by atoms with Gasteiger partial charge in [-0.2, -0.15) is 0 Å². The first-order valence-corrected chi connectivity index (χ1v) is 6.23. The van der Waals surface area contributed by atoms with E-state index in [1.807, 2.05) is 0 Å². The van der Waals surface area contributed by atoms with Gasteiger partial charge >= 0.3 is 5.97 Å². The highest BCUT2D eigenvalue weighted by molar-refractivity contribution is 5.94. The fourth-order valence-corrected chi connectivity index (χ4v) is 1.62. The molecule has 0 spiro atoms. The molecule has 0 fully saturated rings. The van der Waals surface area contributed by atoms with Crippen LogP contribution in [0.25, 0.3) is 0 Å². The van der Waals surface area contributed by atoms with E-state index in [0.29, 0.717) is 29.1 Å². The minimum atomic E-state index is -0.949. The fraction of sp³-hybridized carbons (Fsp3) is 0.333. The number of rotatable bonds is 7. The summed E-state index contributed by atoms with van der Waals surface area (Å²) < 4.78 is 10.6. The minimum absolute atomic E-state index is 0.0612. The molecule has 5 nitrogen and oxygen atoms in total. The second-order valence-electron chi connectivity index (χ2n) is 4.12. The zero-order valence-electron chi connectivity index (χ0n) is 11.8. The van der Waals surface area contributed by atoms with E-state index in [2.05, 4.69) is 0 Å². The lowest BCUT2D eigenvalue weighted by Crippen LogP contribution is -2.04. The summed E-state index contributed by atoms with van der Waals surface area (Å²) in [6.07, 6.45) is 1.94. The van der Waals surface area contributed by atoms with E-state index < -0.39 is 5.97 Å². The molecule has 1 rings (SSSR count). The third-order valence-electron chi connectivity index (χ3n) is 2.79. The number of ether oxygens (including phenoxy) is 2. The number of Topliss-reactive ketones (excluding diaryl/α,β-unsaturated/α-hetero) is 1. The molecule has 0 saturated carbocycles. The summed E-state index contributed by atoms with van der Waals surface area (Å²) >= 11 is 0. The number of carbonyl (C=O) groups is 2. The Balaban J connectivity index is 2.83. The van der Waals surface area contributed by atoms with Crippen molar-refractivity contribution in [2.45, 2.75) is 20.3 Å². The van der Waals surface area contributed by atoms with Crippen LogP contribution in [0.2, 0.25) is 0 Å². The van der Waals surface area contributed by atoms with E-state index in [-0.39, 0.29) is 12.4 Å². The number of methoxy groups -OCH3 is 1. The molecule has 1 aromatic carbocycles. The summed E-state index contributed by atoms with van der Waals surface area (Å²) in [4.78, 5) is 22.1. The Morgan fingerprint density at radius 3 is 2.50 bits per heavy atom. The quantitative estimate of drug-likeness (QED) is 0.613. The van der Waals surface area contributed by atoms with Crippen LogP contribution in [0.3, 0.4) is 0 Å². The predicted octanol–water partition coefficient (Wildman–Crippen LogP) is 2.70. The van der Waals surface area contributed by atoms with Crippen LogP contribution in [0.4, 0.5) is 0 Å². The van der Waals surface area contributed by atoms with E-state index in [9.17, 15) is 9.59 Å². The second kappa shape index (κ2) is 7.33. The van der Waals surface area contributed by atoms with Gasteiger partial charge in [0.25, 0.3) is 0 Å². The smallest absolute Gasteiger partial charge is 0.331 e. The Morgan fingerprint density at radius 1 is 1.30 bits per heavy atom. The van der Waals surface area contributed by atoms with Crippen LogP contribution < -0.4 is 9.47 Å². The number of carboxylic acids is 1. The number of ketones is 1. The molecular formula is C15H18O5. The summed E-state index contributed by atoms with van der Waals surface area (Å²) in [5.74, 6) is -0.0991. The van der Waals surface area contributed by atoms with E-state index in [4.69, 9.17) is 14.6 Å². The van der Waals surface area contributed by atoms with Crippen molar-refractivity contribution < 1.29 is 24.2 Å². The average molecular weight is 278 g/mol. The van der Waals surface area contributed by atoms with Crippen molar-refractivity contribution in [3.05, 3.63) is 35.4 Å². The van der Waals surface area contributed by atoms with Crippen molar-refractivity contribution >= 4 is 11.8 Å². The Morgan fingerprint density at radius 2 is 2.00 bits per heavy atom. The van der Waals surface area contributed by atoms with Crippen LogP contribution in [0, 0.1) is 0 Å². The SMILES string of the molecule is CCC(=CCOc1ccc(C(C)=O)cc1OC)C(=O)O. The van der Waals surface area contributed by atoms with Crippen molar-refractivity contribution in [3.63, 3.8) is 0 Å².